The fourth-order valence-electron chi connectivity index (χ4n) is 2.58. The van der Waals surface area contributed by atoms with Crippen molar-refractivity contribution in [2.24, 2.45) is 5.41 Å². The van der Waals surface area contributed by atoms with Crippen molar-refractivity contribution in [2.45, 2.75) is 36.3 Å². The number of hydrogen-bond donors (Lipinski definition) is 0. The zero-order valence-electron chi connectivity index (χ0n) is 8.95. The van der Waals surface area contributed by atoms with Crippen LogP contribution in [0.2, 0.25) is 0 Å². The van der Waals surface area contributed by atoms with Crippen LogP contribution in [0, 0.1) is 12.3 Å². The molecular formula is C12H14O2S. The van der Waals surface area contributed by atoms with E-state index in [1.54, 1.807) is 12.1 Å². The van der Waals surface area contributed by atoms with Crippen molar-refractivity contribution >= 4 is 9.84 Å². The fraction of sp³-hybridized carbons (Fsp3) is 0.500. The van der Waals surface area contributed by atoms with Gasteiger partial charge in [-0.1, -0.05) is 24.6 Å². The molecule has 0 saturated heterocycles. The summed E-state index contributed by atoms with van der Waals surface area (Å²) in [5, 5.41) is 0. The fourth-order valence-corrected chi connectivity index (χ4v) is 5.19. The monoisotopic (exact) mass is 222 g/mol. The summed E-state index contributed by atoms with van der Waals surface area (Å²) in [4.78, 5) is 0.495. The maximum Gasteiger partial charge on any atom is 0.184 e. The molecule has 0 atom stereocenters. The van der Waals surface area contributed by atoms with Gasteiger partial charge in [-0.05, 0) is 37.3 Å². The molecule has 0 radical (unpaired) electrons. The zero-order valence-corrected chi connectivity index (χ0v) is 9.76. The van der Waals surface area contributed by atoms with E-state index in [0.717, 1.165) is 18.4 Å². The molecule has 2 aliphatic carbocycles. The molecule has 3 heteroatoms. The third-order valence-corrected chi connectivity index (χ3v) is 6.75. The van der Waals surface area contributed by atoms with E-state index in [4.69, 9.17) is 0 Å². The Kier molecular flexibility index (Phi) is 1.44. The van der Waals surface area contributed by atoms with Gasteiger partial charge in [0.25, 0.3) is 0 Å². The van der Waals surface area contributed by atoms with Gasteiger partial charge in [-0.3, -0.25) is 0 Å². The Bertz CT molecular complexity index is 519. The molecule has 2 saturated carbocycles. The molecule has 2 nitrogen and oxygen atoms in total. The summed E-state index contributed by atoms with van der Waals surface area (Å²) in [6, 6.07) is 7.20. The lowest BCUT2D eigenvalue weighted by Gasteiger charge is -2.06. The second kappa shape index (κ2) is 2.29. The van der Waals surface area contributed by atoms with Crippen molar-refractivity contribution in [1.82, 2.24) is 0 Å². The van der Waals surface area contributed by atoms with E-state index in [1.807, 2.05) is 19.1 Å². The van der Waals surface area contributed by atoms with Gasteiger partial charge in [-0.15, -0.1) is 0 Å². The van der Waals surface area contributed by atoms with Crippen LogP contribution in [0.1, 0.15) is 25.3 Å². The van der Waals surface area contributed by atoms with Crippen LogP contribution in [0.4, 0.5) is 0 Å². The number of sulfone groups is 1. The van der Waals surface area contributed by atoms with Crippen molar-refractivity contribution in [2.75, 3.05) is 0 Å². The molecule has 0 spiro atoms. The Morgan fingerprint density at radius 2 is 1.60 bits per heavy atom. The van der Waals surface area contributed by atoms with Crippen LogP contribution in [-0.2, 0) is 9.84 Å². The predicted octanol–water partition coefficient (Wildman–Crippen LogP) is 2.32. The molecule has 1 aromatic carbocycles. The van der Waals surface area contributed by atoms with Crippen molar-refractivity contribution in [1.29, 1.82) is 0 Å². The Labute approximate surface area is 90.2 Å². The molecule has 0 bridgehead atoms. The molecule has 0 heterocycles. The summed E-state index contributed by atoms with van der Waals surface area (Å²) in [6.45, 7) is 4.03. The largest absolute Gasteiger partial charge is 0.223 e. The number of rotatable bonds is 2. The number of fused-ring (bicyclic) bond motifs is 1. The predicted molar refractivity (Wildman–Crippen MR) is 58.4 cm³/mol. The van der Waals surface area contributed by atoms with Crippen molar-refractivity contribution in [3.05, 3.63) is 29.8 Å². The normalized spacial score (nSPS) is 37.2. The van der Waals surface area contributed by atoms with Gasteiger partial charge in [0.15, 0.2) is 9.84 Å². The van der Waals surface area contributed by atoms with E-state index < -0.39 is 9.84 Å². The van der Waals surface area contributed by atoms with Crippen LogP contribution in [0.15, 0.2) is 29.2 Å². The average molecular weight is 222 g/mol. The first-order valence-corrected chi connectivity index (χ1v) is 6.71. The minimum absolute atomic E-state index is 0.108. The van der Waals surface area contributed by atoms with Crippen LogP contribution in [0.5, 0.6) is 0 Å². The Hall–Kier alpha value is -0.830. The van der Waals surface area contributed by atoms with Gasteiger partial charge in [0.1, 0.15) is 0 Å². The van der Waals surface area contributed by atoms with Crippen molar-refractivity contribution in [3.8, 4) is 0 Å². The van der Waals surface area contributed by atoms with E-state index >= 15 is 0 Å². The molecule has 80 valence electrons. The molecule has 1 aromatic rings. The summed E-state index contributed by atoms with van der Waals surface area (Å²) < 4.78 is 24.2. The minimum atomic E-state index is -3.07. The highest BCUT2D eigenvalue weighted by Gasteiger charge is 2.86. The lowest BCUT2D eigenvalue weighted by Crippen LogP contribution is -2.14. The van der Waals surface area contributed by atoms with Gasteiger partial charge in [0, 0.05) is 0 Å². The molecule has 2 aliphatic rings. The Morgan fingerprint density at radius 3 is 2.00 bits per heavy atom. The number of aryl methyl sites for hydroxylation is 1. The third kappa shape index (κ3) is 0.969. The zero-order chi connectivity index (χ0) is 10.9. The highest BCUT2D eigenvalue weighted by Crippen LogP contribution is 2.83. The minimum Gasteiger partial charge on any atom is -0.223 e. The number of benzene rings is 1. The van der Waals surface area contributed by atoms with Crippen LogP contribution in [0.25, 0.3) is 0 Å². The smallest absolute Gasteiger partial charge is 0.184 e. The lowest BCUT2D eigenvalue weighted by atomic mass is 10.2. The first-order chi connectivity index (χ1) is 6.91. The van der Waals surface area contributed by atoms with Crippen LogP contribution in [0.3, 0.4) is 0 Å². The molecule has 3 rings (SSSR count). The second-order valence-corrected chi connectivity index (χ2v) is 7.48. The first kappa shape index (κ1) is 9.40. The molecule has 0 unspecified atom stereocenters. The Morgan fingerprint density at radius 1 is 1.13 bits per heavy atom. The SMILES string of the molecule is Cc1ccc(S(=O)(=O)C23CC2(C)C3)cc1. The maximum atomic E-state index is 12.3. The molecule has 0 amide bonds. The highest BCUT2D eigenvalue weighted by molar-refractivity contribution is 7.93. The van der Waals surface area contributed by atoms with Crippen LogP contribution >= 0.6 is 0 Å². The summed E-state index contributed by atoms with van der Waals surface area (Å²) in [6.07, 6.45) is 1.71. The summed E-state index contributed by atoms with van der Waals surface area (Å²) in [7, 11) is -3.07. The molecule has 0 N–H and O–H groups in total. The topological polar surface area (TPSA) is 34.1 Å². The summed E-state index contributed by atoms with van der Waals surface area (Å²) in [5.41, 5.74) is 1.21. The molecule has 0 aliphatic heterocycles. The van der Waals surface area contributed by atoms with Crippen LogP contribution < -0.4 is 0 Å². The quantitative estimate of drug-likeness (QED) is 0.769. The van der Waals surface area contributed by atoms with E-state index in [9.17, 15) is 8.42 Å². The molecule has 2 fully saturated rings. The third-order valence-electron chi connectivity index (χ3n) is 4.05. The van der Waals surface area contributed by atoms with Gasteiger partial charge in [-0.25, -0.2) is 8.42 Å². The van der Waals surface area contributed by atoms with Gasteiger partial charge in [-0.2, -0.15) is 0 Å². The summed E-state index contributed by atoms with van der Waals surface area (Å²) in [5.74, 6) is 0. The van der Waals surface area contributed by atoms with E-state index in [2.05, 4.69) is 6.92 Å². The Balaban J connectivity index is 2.05. The molecular weight excluding hydrogens is 208 g/mol. The molecule has 15 heavy (non-hydrogen) atoms. The lowest BCUT2D eigenvalue weighted by molar-refractivity contribution is 0.587. The van der Waals surface area contributed by atoms with Gasteiger partial charge in [0.05, 0.1) is 9.64 Å². The first-order valence-electron chi connectivity index (χ1n) is 5.23. The second-order valence-electron chi connectivity index (χ2n) is 5.22. The van der Waals surface area contributed by atoms with Gasteiger partial charge < -0.3 is 0 Å². The van der Waals surface area contributed by atoms with Crippen LogP contribution in [-0.4, -0.2) is 13.2 Å². The van der Waals surface area contributed by atoms with Gasteiger partial charge in [0.2, 0.25) is 0 Å². The molecule has 0 aromatic heterocycles. The van der Waals surface area contributed by atoms with Crippen molar-refractivity contribution < 1.29 is 8.42 Å². The van der Waals surface area contributed by atoms with Crippen molar-refractivity contribution in [3.63, 3.8) is 0 Å². The van der Waals surface area contributed by atoms with E-state index in [0.29, 0.717) is 4.90 Å². The highest BCUT2D eigenvalue weighted by atomic mass is 32.2. The maximum absolute atomic E-state index is 12.3. The average Bonchev–Trinajstić information content (AvgIpc) is 2.91. The van der Waals surface area contributed by atoms with E-state index in [-0.39, 0.29) is 10.2 Å². The summed E-state index contributed by atoms with van der Waals surface area (Å²) >= 11 is 0. The standard InChI is InChI=1S/C12H14O2S/c1-9-3-5-10(6-4-9)15(13,14)12-7-11(12,2)8-12/h3-6H,7-8H2,1-2H3. The van der Waals surface area contributed by atoms with Gasteiger partial charge >= 0.3 is 0 Å². The number of hydrogen-bond acceptors (Lipinski definition) is 2. The van der Waals surface area contributed by atoms with E-state index in [1.165, 1.54) is 0 Å².